The van der Waals surface area contributed by atoms with Crippen molar-refractivity contribution in [3.05, 3.63) is 0 Å². The molecule has 0 heterocycles. The highest BCUT2D eigenvalue weighted by molar-refractivity contribution is 5.77. The third-order valence-electron chi connectivity index (χ3n) is 2.48. The molecule has 0 atom stereocenters. The van der Waals surface area contributed by atoms with Crippen molar-refractivity contribution in [1.29, 1.82) is 0 Å². The summed E-state index contributed by atoms with van der Waals surface area (Å²) in [6, 6.07) is 0. The second-order valence-electron chi connectivity index (χ2n) is 3.43. The summed E-state index contributed by atoms with van der Waals surface area (Å²) in [6.45, 7) is 0.387. The lowest BCUT2D eigenvalue weighted by Crippen LogP contribution is -2.39. The van der Waals surface area contributed by atoms with Crippen molar-refractivity contribution >= 4 is 5.97 Å². The van der Waals surface area contributed by atoms with Gasteiger partial charge in [0.2, 0.25) is 0 Å². The molecule has 1 saturated carbocycles. The molecule has 0 radical (unpaired) electrons. The van der Waals surface area contributed by atoms with E-state index in [-0.39, 0.29) is 6.61 Å². The van der Waals surface area contributed by atoms with Crippen LogP contribution in [0.3, 0.4) is 0 Å². The van der Waals surface area contributed by atoms with Crippen LogP contribution >= 0.6 is 0 Å². The Hall–Kier alpha value is -0.610. The number of hydrogen-bond acceptors (Lipinski definition) is 3. The monoisotopic (exact) mass is 188 g/mol. The van der Waals surface area contributed by atoms with Crippen molar-refractivity contribution < 1.29 is 19.7 Å². The van der Waals surface area contributed by atoms with E-state index in [9.17, 15) is 4.79 Å². The highest BCUT2D eigenvalue weighted by Crippen LogP contribution is 2.33. The number of hydrogen-bond donors (Lipinski definition) is 2. The summed E-state index contributed by atoms with van der Waals surface area (Å²) >= 11 is 0. The van der Waals surface area contributed by atoms with E-state index < -0.39 is 11.6 Å². The zero-order valence-corrected chi connectivity index (χ0v) is 7.66. The second kappa shape index (κ2) is 4.58. The lowest BCUT2D eigenvalue weighted by atomic mass is 10.0. The summed E-state index contributed by atoms with van der Waals surface area (Å²) in [5.41, 5.74) is -0.949. The van der Waals surface area contributed by atoms with Gasteiger partial charge < -0.3 is 14.9 Å². The van der Waals surface area contributed by atoms with Crippen LogP contribution in [0.2, 0.25) is 0 Å². The number of ether oxygens (including phenoxy) is 1. The fourth-order valence-electron chi connectivity index (χ4n) is 1.70. The fourth-order valence-corrected chi connectivity index (χ4v) is 1.70. The zero-order valence-electron chi connectivity index (χ0n) is 7.66. The van der Waals surface area contributed by atoms with Crippen LogP contribution in [-0.2, 0) is 9.53 Å². The number of aliphatic hydroxyl groups is 1. The molecule has 0 aromatic rings. The van der Waals surface area contributed by atoms with E-state index in [1.807, 2.05) is 0 Å². The predicted molar refractivity (Wildman–Crippen MR) is 46.5 cm³/mol. The number of carboxylic acid groups (broad SMARTS) is 1. The molecule has 13 heavy (non-hydrogen) atoms. The Morgan fingerprint density at radius 3 is 2.46 bits per heavy atom. The van der Waals surface area contributed by atoms with E-state index in [0.29, 0.717) is 25.9 Å². The molecule has 1 fully saturated rings. The van der Waals surface area contributed by atoms with Crippen molar-refractivity contribution in [2.45, 2.75) is 37.7 Å². The molecule has 0 aromatic carbocycles. The Bertz CT molecular complexity index is 172. The van der Waals surface area contributed by atoms with Crippen LogP contribution in [0.1, 0.15) is 32.1 Å². The SMILES string of the molecule is O=C(O)C1(OCCCO)CCCC1. The standard InChI is InChI=1S/C9H16O4/c10-6-3-7-13-9(8(11)12)4-1-2-5-9/h10H,1-7H2,(H,11,12). The highest BCUT2D eigenvalue weighted by atomic mass is 16.5. The van der Waals surface area contributed by atoms with Gasteiger partial charge in [0.1, 0.15) is 0 Å². The van der Waals surface area contributed by atoms with Gasteiger partial charge in [0.15, 0.2) is 5.60 Å². The van der Waals surface area contributed by atoms with E-state index >= 15 is 0 Å². The lowest BCUT2D eigenvalue weighted by molar-refractivity contribution is -0.165. The molecule has 4 nitrogen and oxygen atoms in total. The second-order valence-corrected chi connectivity index (χ2v) is 3.43. The van der Waals surface area contributed by atoms with Gasteiger partial charge in [-0.2, -0.15) is 0 Å². The Labute approximate surface area is 77.5 Å². The Morgan fingerprint density at radius 1 is 1.38 bits per heavy atom. The molecule has 1 rings (SSSR count). The summed E-state index contributed by atoms with van der Waals surface area (Å²) in [7, 11) is 0. The topological polar surface area (TPSA) is 66.8 Å². The first-order chi connectivity index (χ1) is 6.21. The molecular weight excluding hydrogens is 172 g/mol. The smallest absolute Gasteiger partial charge is 0.335 e. The molecule has 2 N–H and O–H groups in total. The molecular formula is C9H16O4. The lowest BCUT2D eigenvalue weighted by Gasteiger charge is -2.23. The number of aliphatic carboxylic acids is 1. The number of carboxylic acids is 1. The first-order valence-corrected chi connectivity index (χ1v) is 4.69. The van der Waals surface area contributed by atoms with Crippen LogP contribution in [0.5, 0.6) is 0 Å². The summed E-state index contributed by atoms with van der Waals surface area (Å²) in [5, 5.41) is 17.5. The van der Waals surface area contributed by atoms with Crippen LogP contribution in [-0.4, -0.2) is 35.0 Å². The quantitative estimate of drug-likeness (QED) is 0.626. The number of rotatable bonds is 5. The summed E-state index contributed by atoms with van der Waals surface area (Å²) in [4.78, 5) is 10.9. The molecule has 0 spiro atoms. The third kappa shape index (κ3) is 2.42. The first kappa shape index (κ1) is 10.5. The maximum atomic E-state index is 10.9. The van der Waals surface area contributed by atoms with Gasteiger partial charge in [-0.3, -0.25) is 0 Å². The molecule has 0 aliphatic heterocycles. The normalized spacial score (nSPS) is 20.4. The van der Waals surface area contributed by atoms with Crippen LogP contribution in [0.4, 0.5) is 0 Å². The Balaban J connectivity index is 2.43. The van der Waals surface area contributed by atoms with Gasteiger partial charge in [-0.15, -0.1) is 0 Å². The van der Waals surface area contributed by atoms with E-state index in [4.69, 9.17) is 14.9 Å². The third-order valence-corrected chi connectivity index (χ3v) is 2.48. The van der Waals surface area contributed by atoms with Gasteiger partial charge in [-0.25, -0.2) is 4.79 Å². The van der Waals surface area contributed by atoms with E-state index in [2.05, 4.69) is 0 Å². The van der Waals surface area contributed by atoms with E-state index in [0.717, 1.165) is 12.8 Å². The van der Waals surface area contributed by atoms with Gasteiger partial charge in [0, 0.05) is 6.61 Å². The van der Waals surface area contributed by atoms with Crippen LogP contribution in [0, 0.1) is 0 Å². The molecule has 1 aliphatic carbocycles. The van der Waals surface area contributed by atoms with Crippen molar-refractivity contribution in [2.24, 2.45) is 0 Å². The molecule has 0 amide bonds. The van der Waals surface area contributed by atoms with Crippen LogP contribution in [0.15, 0.2) is 0 Å². The minimum Gasteiger partial charge on any atom is -0.479 e. The maximum absolute atomic E-state index is 10.9. The summed E-state index contributed by atoms with van der Waals surface area (Å²) in [5.74, 6) is -0.858. The molecule has 0 bridgehead atoms. The average Bonchev–Trinajstić information content (AvgIpc) is 2.55. The van der Waals surface area contributed by atoms with Gasteiger partial charge >= 0.3 is 5.97 Å². The summed E-state index contributed by atoms with van der Waals surface area (Å²) in [6.07, 6.45) is 3.56. The zero-order chi connectivity index (χ0) is 9.73. The molecule has 76 valence electrons. The van der Waals surface area contributed by atoms with Gasteiger partial charge in [-0.05, 0) is 32.1 Å². The first-order valence-electron chi connectivity index (χ1n) is 4.69. The molecule has 0 unspecified atom stereocenters. The minimum absolute atomic E-state index is 0.0513. The average molecular weight is 188 g/mol. The van der Waals surface area contributed by atoms with Crippen molar-refractivity contribution in [3.63, 3.8) is 0 Å². The molecule has 0 aromatic heterocycles. The van der Waals surface area contributed by atoms with Crippen molar-refractivity contribution in [1.82, 2.24) is 0 Å². The van der Waals surface area contributed by atoms with Gasteiger partial charge in [-0.1, -0.05) is 0 Å². The maximum Gasteiger partial charge on any atom is 0.335 e. The molecule has 4 heteroatoms. The Morgan fingerprint density at radius 2 is 2.00 bits per heavy atom. The van der Waals surface area contributed by atoms with Crippen molar-refractivity contribution in [3.8, 4) is 0 Å². The molecule has 1 aliphatic rings. The number of carbonyl (C=O) groups is 1. The van der Waals surface area contributed by atoms with Gasteiger partial charge in [0.25, 0.3) is 0 Å². The minimum atomic E-state index is -0.949. The van der Waals surface area contributed by atoms with Crippen LogP contribution < -0.4 is 0 Å². The van der Waals surface area contributed by atoms with E-state index in [1.165, 1.54) is 0 Å². The summed E-state index contributed by atoms with van der Waals surface area (Å²) < 4.78 is 5.33. The van der Waals surface area contributed by atoms with Gasteiger partial charge in [0.05, 0.1) is 6.61 Å². The molecule has 0 saturated heterocycles. The van der Waals surface area contributed by atoms with Crippen LogP contribution in [0.25, 0.3) is 0 Å². The Kier molecular flexibility index (Phi) is 3.69. The predicted octanol–water partition coefficient (Wildman–Crippen LogP) is 0.783. The fraction of sp³-hybridized carbons (Fsp3) is 0.889. The van der Waals surface area contributed by atoms with Crippen molar-refractivity contribution in [2.75, 3.05) is 13.2 Å². The number of aliphatic hydroxyl groups excluding tert-OH is 1. The van der Waals surface area contributed by atoms with E-state index in [1.54, 1.807) is 0 Å². The largest absolute Gasteiger partial charge is 0.479 e. The highest BCUT2D eigenvalue weighted by Gasteiger charge is 2.42.